The molecule has 0 unspecified atom stereocenters. The summed E-state index contributed by atoms with van der Waals surface area (Å²) in [4.78, 5) is 18.5. The Bertz CT molecular complexity index is 470. The molecule has 110 valence electrons. The molecule has 2 rings (SSSR count). The number of carbonyl (C=O) groups excluding carboxylic acids is 1. The summed E-state index contributed by atoms with van der Waals surface area (Å²) in [5.41, 5.74) is 0.576. The molecular formula is C15H22ClN3O. The van der Waals surface area contributed by atoms with Crippen LogP contribution in [-0.2, 0) is 0 Å². The molecule has 4 nitrogen and oxygen atoms in total. The van der Waals surface area contributed by atoms with E-state index >= 15 is 0 Å². The fourth-order valence-electron chi connectivity index (χ4n) is 2.27. The van der Waals surface area contributed by atoms with E-state index in [-0.39, 0.29) is 5.91 Å². The highest BCUT2D eigenvalue weighted by Crippen LogP contribution is 2.22. The van der Waals surface area contributed by atoms with Crippen molar-refractivity contribution in [2.45, 2.75) is 33.1 Å². The van der Waals surface area contributed by atoms with E-state index in [1.165, 1.54) is 6.42 Å². The van der Waals surface area contributed by atoms with Crippen LogP contribution in [0.4, 0.5) is 5.82 Å². The molecule has 1 fully saturated rings. The van der Waals surface area contributed by atoms with Crippen molar-refractivity contribution in [3.63, 3.8) is 0 Å². The molecule has 2 heterocycles. The summed E-state index contributed by atoms with van der Waals surface area (Å²) >= 11 is 6.20. The van der Waals surface area contributed by atoms with Gasteiger partial charge in [0.2, 0.25) is 0 Å². The van der Waals surface area contributed by atoms with Crippen LogP contribution >= 0.6 is 11.6 Å². The summed E-state index contributed by atoms with van der Waals surface area (Å²) in [6, 6.07) is 1.72. The van der Waals surface area contributed by atoms with Crippen LogP contribution in [0.2, 0.25) is 5.02 Å². The molecule has 20 heavy (non-hydrogen) atoms. The third kappa shape index (κ3) is 3.85. The lowest BCUT2D eigenvalue weighted by Crippen LogP contribution is -2.35. The summed E-state index contributed by atoms with van der Waals surface area (Å²) in [7, 11) is 0. The number of hydrogen-bond donors (Lipinski definition) is 1. The fourth-order valence-corrected chi connectivity index (χ4v) is 2.50. The Kier molecular flexibility index (Phi) is 5.24. The van der Waals surface area contributed by atoms with Crippen molar-refractivity contribution in [3.8, 4) is 0 Å². The maximum Gasteiger partial charge on any atom is 0.255 e. The average molecular weight is 296 g/mol. The Morgan fingerprint density at radius 3 is 2.70 bits per heavy atom. The maximum atomic E-state index is 12.3. The minimum atomic E-state index is 0.0366. The van der Waals surface area contributed by atoms with E-state index < -0.39 is 0 Å². The highest BCUT2D eigenvalue weighted by Gasteiger charge is 2.19. The number of pyridine rings is 1. The van der Waals surface area contributed by atoms with E-state index in [9.17, 15) is 4.79 Å². The van der Waals surface area contributed by atoms with Gasteiger partial charge in [0.15, 0.2) is 0 Å². The molecule has 5 heteroatoms. The van der Waals surface area contributed by atoms with Crippen LogP contribution in [0.25, 0.3) is 0 Å². The lowest BCUT2D eigenvalue weighted by molar-refractivity contribution is 0.0724. The number of halogens is 1. The monoisotopic (exact) mass is 295 g/mol. The lowest BCUT2D eigenvalue weighted by Gasteiger charge is -2.26. The first-order valence-corrected chi connectivity index (χ1v) is 7.64. The van der Waals surface area contributed by atoms with Crippen LogP contribution in [0.15, 0.2) is 12.3 Å². The maximum absolute atomic E-state index is 12.3. The van der Waals surface area contributed by atoms with Crippen LogP contribution in [0.3, 0.4) is 0 Å². The molecule has 0 saturated carbocycles. The van der Waals surface area contributed by atoms with Crippen molar-refractivity contribution in [2.75, 3.05) is 25.0 Å². The summed E-state index contributed by atoms with van der Waals surface area (Å²) in [5, 5.41) is 3.70. The normalized spacial score (nSPS) is 15.5. The Morgan fingerprint density at radius 2 is 2.10 bits per heavy atom. The summed E-state index contributed by atoms with van der Waals surface area (Å²) in [5.74, 6) is 1.20. The second-order valence-corrected chi connectivity index (χ2v) is 6.09. The van der Waals surface area contributed by atoms with Crippen molar-refractivity contribution >= 4 is 23.3 Å². The molecule has 0 aromatic carbocycles. The molecule has 1 amide bonds. The zero-order valence-corrected chi connectivity index (χ0v) is 12.9. The summed E-state index contributed by atoms with van der Waals surface area (Å²) in [6.45, 7) is 6.73. The quantitative estimate of drug-likeness (QED) is 0.925. The van der Waals surface area contributed by atoms with E-state index in [0.717, 1.165) is 32.5 Å². The van der Waals surface area contributed by atoms with E-state index in [1.807, 2.05) is 4.90 Å². The van der Waals surface area contributed by atoms with Crippen LogP contribution < -0.4 is 5.32 Å². The molecule has 0 aliphatic carbocycles. The van der Waals surface area contributed by atoms with Gasteiger partial charge >= 0.3 is 0 Å². The van der Waals surface area contributed by atoms with E-state index in [2.05, 4.69) is 24.1 Å². The standard InChI is InChI=1S/C15H22ClN3O/c1-11(2)9-17-14-13(16)8-12(10-18-14)15(20)19-6-4-3-5-7-19/h8,10-11H,3-7,9H2,1-2H3,(H,17,18). The molecule has 1 aromatic heterocycles. The second-order valence-electron chi connectivity index (χ2n) is 5.68. The Balaban J connectivity index is 2.05. The minimum absolute atomic E-state index is 0.0366. The largest absolute Gasteiger partial charge is 0.369 e. The van der Waals surface area contributed by atoms with Gasteiger partial charge in [-0.2, -0.15) is 0 Å². The number of nitrogens with zero attached hydrogens (tertiary/aromatic N) is 2. The smallest absolute Gasteiger partial charge is 0.255 e. The average Bonchev–Trinajstić information content (AvgIpc) is 2.46. The van der Waals surface area contributed by atoms with Gasteiger partial charge in [0.1, 0.15) is 5.82 Å². The predicted molar refractivity (Wildman–Crippen MR) is 82.3 cm³/mol. The summed E-state index contributed by atoms with van der Waals surface area (Å²) in [6.07, 6.45) is 4.99. The van der Waals surface area contributed by atoms with Gasteiger partial charge in [-0.3, -0.25) is 4.79 Å². The Labute approximate surface area is 125 Å². The van der Waals surface area contributed by atoms with Crippen molar-refractivity contribution in [1.29, 1.82) is 0 Å². The molecule has 0 spiro atoms. The third-order valence-corrected chi connectivity index (χ3v) is 3.70. The van der Waals surface area contributed by atoms with Crippen LogP contribution in [0.1, 0.15) is 43.5 Å². The number of nitrogens with one attached hydrogen (secondary N) is 1. The number of amides is 1. The minimum Gasteiger partial charge on any atom is -0.369 e. The van der Waals surface area contributed by atoms with Crippen LogP contribution in [-0.4, -0.2) is 35.4 Å². The van der Waals surface area contributed by atoms with Crippen LogP contribution in [0, 0.1) is 5.92 Å². The molecule has 1 aliphatic rings. The predicted octanol–water partition coefficient (Wildman–Crippen LogP) is 3.43. The molecule has 1 saturated heterocycles. The zero-order chi connectivity index (χ0) is 14.5. The van der Waals surface area contributed by atoms with Gasteiger partial charge in [-0.25, -0.2) is 4.98 Å². The van der Waals surface area contributed by atoms with Gasteiger partial charge < -0.3 is 10.2 Å². The van der Waals surface area contributed by atoms with Crippen molar-refractivity contribution in [3.05, 3.63) is 22.8 Å². The highest BCUT2D eigenvalue weighted by molar-refractivity contribution is 6.33. The van der Waals surface area contributed by atoms with Gasteiger partial charge in [-0.05, 0) is 31.2 Å². The number of anilines is 1. The van der Waals surface area contributed by atoms with Crippen molar-refractivity contribution in [2.24, 2.45) is 5.92 Å². The fraction of sp³-hybridized carbons (Fsp3) is 0.600. The number of aromatic nitrogens is 1. The number of carbonyl (C=O) groups is 1. The molecule has 1 aliphatic heterocycles. The number of likely N-dealkylation sites (tertiary alicyclic amines) is 1. The van der Waals surface area contributed by atoms with Crippen LogP contribution in [0.5, 0.6) is 0 Å². The van der Waals surface area contributed by atoms with E-state index in [4.69, 9.17) is 11.6 Å². The van der Waals surface area contributed by atoms with Gasteiger partial charge in [0, 0.05) is 25.8 Å². The Hall–Kier alpha value is -1.29. The molecule has 0 bridgehead atoms. The first kappa shape index (κ1) is 15.1. The second kappa shape index (κ2) is 6.93. The Morgan fingerprint density at radius 1 is 1.40 bits per heavy atom. The molecule has 0 atom stereocenters. The third-order valence-electron chi connectivity index (χ3n) is 3.41. The van der Waals surface area contributed by atoms with E-state index in [1.54, 1.807) is 12.3 Å². The molecular weight excluding hydrogens is 274 g/mol. The lowest BCUT2D eigenvalue weighted by atomic mass is 10.1. The number of hydrogen-bond acceptors (Lipinski definition) is 3. The van der Waals surface area contributed by atoms with E-state index in [0.29, 0.717) is 22.3 Å². The first-order valence-electron chi connectivity index (χ1n) is 7.26. The molecule has 0 radical (unpaired) electrons. The van der Waals surface area contributed by atoms with Gasteiger partial charge in [-0.1, -0.05) is 25.4 Å². The first-order chi connectivity index (χ1) is 9.58. The topological polar surface area (TPSA) is 45.2 Å². The number of piperidine rings is 1. The molecule has 1 N–H and O–H groups in total. The highest BCUT2D eigenvalue weighted by atomic mass is 35.5. The summed E-state index contributed by atoms with van der Waals surface area (Å²) < 4.78 is 0. The molecule has 1 aromatic rings. The SMILES string of the molecule is CC(C)CNc1ncc(C(=O)N2CCCCC2)cc1Cl. The van der Waals surface area contributed by atoms with Gasteiger partial charge in [-0.15, -0.1) is 0 Å². The van der Waals surface area contributed by atoms with Gasteiger partial charge in [0.25, 0.3) is 5.91 Å². The van der Waals surface area contributed by atoms with Crippen molar-refractivity contribution < 1.29 is 4.79 Å². The zero-order valence-electron chi connectivity index (χ0n) is 12.2. The van der Waals surface area contributed by atoms with Gasteiger partial charge in [0.05, 0.1) is 10.6 Å². The van der Waals surface area contributed by atoms with Crippen molar-refractivity contribution in [1.82, 2.24) is 9.88 Å². The number of rotatable bonds is 4.